The average Bonchev–Trinajstić information content (AvgIpc) is 2.76. The van der Waals surface area contributed by atoms with Crippen molar-refractivity contribution in [3.63, 3.8) is 0 Å². The highest BCUT2D eigenvalue weighted by molar-refractivity contribution is 6.23. The van der Waals surface area contributed by atoms with Crippen LogP contribution in [0, 0.1) is 0 Å². The summed E-state index contributed by atoms with van der Waals surface area (Å²) >= 11 is 6.00. The molecule has 0 radical (unpaired) electrons. The Morgan fingerprint density at radius 1 is 1.47 bits per heavy atom. The van der Waals surface area contributed by atoms with Crippen molar-refractivity contribution in [1.29, 1.82) is 0 Å². The average molecular weight is 256 g/mol. The van der Waals surface area contributed by atoms with Crippen molar-refractivity contribution in [3.8, 4) is 0 Å². The topological polar surface area (TPSA) is 25.2 Å². The number of likely N-dealkylation sites (N-methyl/N-ethyl adjacent to an activating group) is 1. The molecule has 17 heavy (non-hydrogen) atoms. The van der Waals surface area contributed by atoms with Crippen LogP contribution in [-0.4, -0.2) is 12.6 Å². The quantitative estimate of drug-likeness (QED) is 0.841. The Hall–Kier alpha value is -1.06. The van der Waals surface area contributed by atoms with Gasteiger partial charge in [-0.15, -0.1) is 0 Å². The van der Waals surface area contributed by atoms with E-state index in [1.165, 1.54) is 0 Å². The molecule has 92 valence electrons. The van der Waals surface area contributed by atoms with Gasteiger partial charge >= 0.3 is 0 Å². The van der Waals surface area contributed by atoms with Crippen LogP contribution in [0.3, 0.4) is 0 Å². The summed E-state index contributed by atoms with van der Waals surface area (Å²) in [4.78, 5) is 0. The van der Waals surface area contributed by atoms with E-state index in [0.29, 0.717) is 12.1 Å². The maximum absolute atomic E-state index is 14.5. The van der Waals surface area contributed by atoms with Gasteiger partial charge in [0.1, 0.15) is 5.58 Å². The van der Waals surface area contributed by atoms with Crippen LogP contribution >= 0.6 is 11.6 Å². The number of alkyl halides is 2. The fourth-order valence-corrected chi connectivity index (χ4v) is 2.05. The van der Waals surface area contributed by atoms with Gasteiger partial charge in [-0.3, -0.25) is 0 Å². The molecule has 1 heterocycles. The highest BCUT2D eigenvalue weighted by atomic mass is 35.5. The van der Waals surface area contributed by atoms with Crippen LogP contribution in [0.1, 0.15) is 19.4 Å². The van der Waals surface area contributed by atoms with Crippen LogP contribution in [0.25, 0.3) is 11.0 Å². The van der Waals surface area contributed by atoms with Crippen LogP contribution in [0.15, 0.2) is 34.9 Å². The van der Waals surface area contributed by atoms with E-state index in [9.17, 15) is 4.39 Å². The van der Waals surface area contributed by atoms with Crippen LogP contribution in [0.4, 0.5) is 4.39 Å². The largest absolute Gasteiger partial charge is 0.464 e. The number of furan rings is 1. The number of rotatable bonds is 4. The van der Waals surface area contributed by atoms with E-state index >= 15 is 0 Å². The Bertz CT molecular complexity index is 509. The number of nitrogens with one attached hydrogen (secondary N) is 1. The van der Waals surface area contributed by atoms with E-state index in [1.807, 2.05) is 6.92 Å². The second-order valence-corrected chi connectivity index (χ2v) is 4.63. The van der Waals surface area contributed by atoms with Crippen LogP contribution in [0.5, 0.6) is 0 Å². The first-order chi connectivity index (χ1) is 8.05. The second-order valence-electron chi connectivity index (χ2n) is 4.08. The van der Waals surface area contributed by atoms with Gasteiger partial charge < -0.3 is 9.73 Å². The summed E-state index contributed by atoms with van der Waals surface area (Å²) in [5.74, 6) is 0. The smallest absolute Gasteiger partial charge is 0.223 e. The molecule has 0 spiro atoms. The van der Waals surface area contributed by atoms with Crippen molar-refractivity contribution in [2.45, 2.75) is 25.0 Å². The maximum atomic E-state index is 14.5. The van der Waals surface area contributed by atoms with E-state index in [2.05, 4.69) is 5.32 Å². The Kier molecular flexibility index (Phi) is 3.40. The Labute approximate surface area is 105 Å². The molecule has 0 amide bonds. The molecule has 1 N–H and O–H groups in total. The minimum Gasteiger partial charge on any atom is -0.464 e. The van der Waals surface area contributed by atoms with Gasteiger partial charge in [0, 0.05) is 10.9 Å². The van der Waals surface area contributed by atoms with E-state index in [1.54, 1.807) is 37.5 Å². The summed E-state index contributed by atoms with van der Waals surface area (Å²) in [5, 5.41) is 1.94. The first-order valence-corrected chi connectivity index (χ1v) is 6.02. The summed E-state index contributed by atoms with van der Waals surface area (Å²) < 4.78 is 19.7. The van der Waals surface area contributed by atoms with Gasteiger partial charge in [0.2, 0.25) is 5.13 Å². The standard InChI is InChI=1S/C13H15ClFNO/c1-3-16-9(2)13(14,15)11-4-5-12-10(8-11)6-7-17-12/h4-9,16H,3H2,1-2H3. The molecule has 0 saturated heterocycles. The van der Waals surface area contributed by atoms with Crippen molar-refractivity contribution in [1.82, 2.24) is 5.32 Å². The van der Waals surface area contributed by atoms with Gasteiger partial charge in [0.15, 0.2) is 0 Å². The molecule has 0 bridgehead atoms. The predicted molar refractivity (Wildman–Crippen MR) is 68.0 cm³/mol. The summed E-state index contributed by atoms with van der Waals surface area (Å²) in [6.45, 7) is 4.33. The fraction of sp³-hybridized carbons (Fsp3) is 0.385. The van der Waals surface area contributed by atoms with E-state index in [0.717, 1.165) is 11.0 Å². The molecule has 2 atom stereocenters. The van der Waals surface area contributed by atoms with Gasteiger partial charge in [0.25, 0.3) is 0 Å². The lowest BCUT2D eigenvalue weighted by molar-refractivity contribution is 0.216. The second kappa shape index (κ2) is 4.67. The SMILES string of the molecule is CCNC(C)C(F)(Cl)c1ccc2occc2c1. The Morgan fingerprint density at radius 2 is 2.24 bits per heavy atom. The van der Waals surface area contributed by atoms with Gasteiger partial charge in [-0.1, -0.05) is 24.6 Å². The monoisotopic (exact) mass is 255 g/mol. The number of hydrogen-bond donors (Lipinski definition) is 1. The lowest BCUT2D eigenvalue weighted by atomic mass is 10.0. The zero-order valence-electron chi connectivity index (χ0n) is 9.84. The third-order valence-corrected chi connectivity index (χ3v) is 3.44. The molecule has 1 aromatic carbocycles. The molecule has 0 aliphatic carbocycles. The third-order valence-electron chi connectivity index (χ3n) is 2.89. The highest BCUT2D eigenvalue weighted by Gasteiger charge is 2.35. The predicted octanol–water partition coefficient (Wildman–Crippen LogP) is 3.79. The van der Waals surface area contributed by atoms with E-state index < -0.39 is 11.2 Å². The summed E-state index contributed by atoms with van der Waals surface area (Å²) in [6.07, 6.45) is 1.58. The molecule has 0 saturated carbocycles. The molecule has 1 aromatic heterocycles. The third kappa shape index (κ3) is 2.31. The maximum Gasteiger partial charge on any atom is 0.223 e. The van der Waals surface area contributed by atoms with Crippen LogP contribution in [-0.2, 0) is 5.13 Å². The van der Waals surface area contributed by atoms with Crippen LogP contribution in [0.2, 0.25) is 0 Å². The molecule has 2 nitrogen and oxygen atoms in total. The normalized spacial score (nSPS) is 16.9. The van der Waals surface area contributed by atoms with Crippen molar-refractivity contribution >= 4 is 22.6 Å². The Morgan fingerprint density at radius 3 is 2.94 bits per heavy atom. The molecule has 0 aliphatic heterocycles. The summed E-state index contributed by atoms with van der Waals surface area (Å²) in [5.41, 5.74) is 1.18. The summed E-state index contributed by atoms with van der Waals surface area (Å²) in [6, 6.07) is 6.45. The lowest BCUT2D eigenvalue weighted by Gasteiger charge is -2.26. The van der Waals surface area contributed by atoms with E-state index in [-0.39, 0.29) is 0 Å². The number of benzene rings is 1. The Balaban J connectivity index is 2.36. The van der Waals surface area contributed by atoms with E-state index in [4.69, 9.17) is 16.0 Å². The van der Waals surface area contributed by atoms with Crippen molar-refractivity contribution in [3.05, 3.63) is 36.1 Å². The highest BCUT2D eigenvalue weighted by Crippen LogP contribution is 2.36. The number of hydrogen-bond acceptors (Lipinski definition) is 2. The zero-order valence-corrected chi connectivity index (χ0v) is 10.6. The lowest BCUT2D eigenvalue weighted by Crippen LogP contribution is -2.39. The number of halogens is 2. The molecule has 0 fully saturated rings. The van der Waals surface area contributed by atoms with Gasteiger partial charge in [-0.05, 0) is 31.7 Å². The van der Waals surface area contributed by atoms with Crippen molar-refractivity contribution < 1.29 is 8.81 Å². The van der Waals surface area contributed by atoms with Crippen molar-refractivity contribution in [2.75, 3.05) is 6.54 Å². The molecule has 2 unspecified atom stereocenters. The molecular formula is C13H15ClFNO. The van der Waals surface area contributed by atoms with Gasteiger partial charge in [-0.25, -0.2) is 4.39 Å². The number of fused-ring (bicyclic) bond motifs is 1. The molecule has 2 aromatic rings. The summed E-state index contributed by atoms with van der Waals surface area (Å²) in [7, 11) is 0. The molecule has 4 heteroatoms. The van der Waals surface area contributed by atoms with Crippen molar-refractivity contribution in [2.24, 2.45) is 0 Å². The first-order valence-electron chi connectivity index (χ1n) is 5.64. The zero-order chi connectivity index (χ0) is 12.5. The minimum absolute atomic E-state index is 0.446. The van der Waals surface area contributed by atoms with Gasteiger partial charge in [-0.2, -0.15) is 0 Å². The molecular weight excluding hydrogens is 241 g/mol. The van der Waals surface area contributed by atoms with Crippen LogP contribution < -0.4 is 5.32 Å². The molecule has 0 aliphatic rings. The minimum atomic E-state index is -1.92. The fourth-order valence-electron chi connectivity index (χ4n) is 1.86. The van der Waals surface area contributed by atoms with Gasteiger partial charge in [0.05, 0.1) is 12.3 Å². The molecule has 2 rings (SSSR count). The first kappa shape index (κ1) is 12.4.